The van der Waals surface area contributed by atoms with Crippen LogP contribution in [0.25, 0.3) is 0 Å². The zero-order valence-corrected chi connectivity index (χ0v) is 13.3. The number of ether oxygens (including phenoxy) is 1. The monoisotopic (exact) mass is 308 g/mol. The molecule has 6 heteroatoms. The molecule has 22 heavy (non-hydrogen) atoms. The van der Waals surface area contributed by atoms with E-state index in [-0.39, 0.29) is 12.5 Å². The molecule has 0 bridgehead atoms. The average Bonchev–Trinajstić information content (AvgIpc) is 2.46. The highest BCUT2D eigenvalue weighted by Crippen LogP contribution is 2.05. The largest absolute Gasteiger partial charge is 0.480 e. The van der Waals surface area contributed by atoms with Gasteiger partial charge < -0.3 is 15.2 Å². The first-order valence-electron chi connectivity index (χ1n) is 7.52. The van der Waals surface area contributed by atoms with Gasteiger partial charge >= 0.3 is 12.1 Å². The molecule has 122 valence electrons. The number of carboxylic acid groups (broad SMARTS) is 1. The molecule has 0 aliphatic carbocycles. The van der Waals surface area contributed by atoms with Gasteiger partial charge in [-0.25, -0.2) is 9.59 Å². The van der Waals surface area contributed by atoms with Gasteiger partial charge in [0, 0.05) is 18.3 Å². The van der Waals surface area contributed by atoms with E-state index in [0.29, 0.717) is 12.8 Å². The Morgan fingerprint density at radius 1 is 1.36 bits per heavy atom. The van der Waals surface area contributed by atoms with Crippen LogP contribution in [0.5, 0.6) is 0 Å². The Hall–Kier alpha value is -2.11. The molecule has 0 spiro atoms. The molecule has 1 atom stereocenters. The predicted octanol–water partition coefficient (Wildman–Crippen LogP) is 2.41. The summed E-state index contributed by atoms with van der Waals surface area (Å²) in [5, 5.41) is 11.4. The van der Waals surface area contributed by atoms with Gasteiger partial charge in [-0.1, -0.05) is 26.8 Å². The summed E-state index contributed by atoms with van der Waals surface area (Å²) >= 11 is 0. The van der Waals surface area contributed by atoms with Crippen molar-refractivity contribution in [1.82, 2.24) is 10.3 Å². The Labute approximate surface area is 130 Å². The molecule has 0 saturated heterocycles. The van der Waals surface area contributed by atoms with Gasteiger partial charge in [-0.3, -0.25) is 4.98 Å². The zero-order chi connectivity index (χ0) is 16.5. The second-order valence-electron chi connectivity index (χ2n) is 5.56. The molecule has 0 fully saturated rings. The van der Waals surface area contributed by atoms with E-state index in [0.717, 1.165) is 17.7 Å². The van der Waals surface area contributed by atoms with E-state index >= 15 is 0 Å². The number of carbonyl (C=O) groups excluding carboxylic acids is 1. The van der Waals surface area contributed by atoms with E-state index in [1.807, 2.05) is 26.0 Å². The number of hydrogen-bond acceptors (Lipinski definition) is 4. The van der Waals surface area contributed by atoms with Crippen LogP contribution < -0.4 is 5.32 Å². The molecule has 1 amide bonds. The first-order chi connectivity index (χ1) is 10.4. The van der Waals surface area contributed by atoms with Crippen molar-refractivity contribution in [2.75, 3.05) is 6.61 Å². The van der Waals surface area contributed by atoms with Crippen LogP contribution in [0.15, 0.2) is 18.3 Å². The van der Waals surface area contributed by atoms with Gasteiger partial charge in [0.2, 0.25) is 0 Å². The number of amides is 1. The van der Waals surface area contributed by atoms with Crippen molar-refractivity contribution in [3.63, 3.8) is 0 Å². The SMILES string of the molecule is CCc1ccc(CCOC(=O)N[C@@H](CC(C)C)C(=O)O)nc1. The lowest BCUT2D eigenvalue weighted by atomic mass is 10.0. The molecular formula is C16H24N2O4. The third-order valence-electron chi connectivity index (χ3n) is 3.18. The Morgan fingerprint density at radius 3 is 2.59 bits per heavy atom. The summed E-state index contributed by atoms with van der Waals surface area (Å²) in [7, 11) is 0. The fourth-order valence-electron chi connectivity index (χ4n) is 1.94. The summed E-state index contributed by atoms with van der Waals surface area (Å²) in [5.74, 6) is -0.884. The van der Waals surface area contributed by atoms with E-state index in [9.17, 15) is 9.59 Å². The van der Waals surface area contributed by atoms with Crippen molar-refractivity contribution in [2.24, 2.45) is 5.92 Å². The minimum atomic E-state index is -1.05. The number of alkyl carbamates (subject to hydrolysis) is 1. The molecule has 0 aliphatic rings. The number of pyridine rings is 1. The van der Waals surface area contributed by atoms with E-state index in [4.69, 9.17) is 9.84 Å². The van der Waals surface area contributed by atoms with Crippen LogP contribution in [-0.4, -0.2) is 34.8 Å². The number of carbonyl (C=O) groups is 2. The highest BCUT2D eigenvalue weighted by atomic mass is 16.5. The fourth-order valence-corrected chi connectivity index (χ4v) is 1.94. The molecule has 0 aliphatic heterocycles. The molecule has 1 aromatic rings. The molecule has 0 unspecified atom stereocenters. The van der Waals surface area contributed by atoms with Crippen LogP contribution in [0.2, 0.25) is 0 Å². The maximum atomic E-state index is 11.6. The Balaban J connectivity index is 2.36. The van der Waals surface area contributed by atoms with Crippen LogP contribution in [-0.2, 0) is 22.4 Å². The second-order valence-corrected chi connectivity index (χ2v) is 5.56. The zero-order valence-electron chi connectivity index (χ0n) is 13.3. The molecule has 1 rings (SSSR count). The molecule has 1 heterocycles. The van der Waals surface area contributed by atoms with Crippen molar-refractivity contribution in [3.05, 3.63) is 29.6 Å². The molecular weight excluding hydrogens is 284 g/mol. The van der Waals surface area contributed by atoms with Gasteiger partial charge in [0.1, 0.15) is 6.04 Å². The van der Waals surface area contributed by atoms with Crippen molar-refractivity contribution in [1.29, 1.82) is 0 Å². The van der Waals surface area contributed by atoms with Crippen LogP contribution in [0, 0.1) is 5.92 Å². The quantitative estimate of drug-likeness (QED) is 0.770. The van der Waals surface area contributed by atoms with Crippen molar-refractivity contribution >= 4 is 12.1 Å². The van der Waals surface area contributed by atoms with E-state index in [1.54, 1.807) is 6.20 Å². The first kappa shape index (κ1) is 17.9. The first-order valence-corrected chi connectivity index (χ1v) is 7.52. The Kier molecular flexibility index (Phi) is 7.36. The maximum absolute atomic E-state index is 11.6. The number of hydrogen-bond donors (Lipinski definition) is 2. The third-order valence-corrected chi connectivity index (χ3v) is 3.18. The average molecular weight is 308 g/mol. The minimum Gasteiger partial charge on any atom is -0.480 e. The van der Waals surface area contributed by atoms with Crippen LogP contribution in [0.1, 0.15) is 38.4 Å². The van der Waals surface area contributed by atoms with E-state index in [2.05, 4.69) is 17.2 Å². The number of nitrogens with zero attached hydrogens (tertiary/aromatic N) is 1. The van der Waals surface area contributed by atoms with Gasteiger partial charge in [0.15, 0.2) is 0 Å². The van der Waals surface area contributed by atoms with E-state index < -0.39 is 18.1 Å². The van der Waals surface area contributed by atoms with Crippen LogP contribution in [0.4, 0.5) is 4.79 Å². The predicted molar refractivity (Wildman–Crippen MR) is 82.7 cm³/mol. The Morgan fingerprint density at radius 2 is 2.09 bits per heavy atom. The summed E-state index contributed by atoms with van der Waals surface area (Å²) in [6.07, 6.45) is 2.89. The van der Waals surface area contributed by atoms with Crippen molar-refractivity contribution in [2.45, 2.75) is 46.1 Å². The lowest BCUT2D eigenvalue weighted by Gasteiger charge is -2.16. The maximum Gasteiger partial charge on any atom is 0.407 e. The lowest BCUT2D eigenvalue weighted by Crippen LogP contribution is -2.42. The van der Waals surface area contributed by atoms with Gasteiger partial charge in [0.05, 0.1) is 6.61 Å². The van der Waals surface area contributed by atoms with Gasteiger partial charge in [-0.15, -0.1) is 0 Å². The van der Waals surface area contributed by atoms with Crippen LogP contribution >= 0.6 is 0 Å². The third kappa shape index (κ3) is 6.56. The summed E-state index contributed by atoms with van der Waals surface area (Å²) in [5.41, 5.74) is 1.99. The number of aryl methyl sites for hydroxylation is 1. The molecule has 1 aromatic heterocycles. The standard InChI is InChI=1S/C16H24N2O4/c1-4-12-5-6-13(17-10-12)7-8-22-16(21)18-14(15(19)20)9-11(2)3/h5-6,10-11,14H,4,7-9H2,1-3H3,(H,18,21)(H,19,20)/t14-/m0/s1. The highest BCUT2D eigenvalue weighted by Gasteiger charge is 2.21. The summed E-state index contributed by atoms with van der Waals surface area (Å²) in [6, 6.07) is 2.97. The summed E-state index contributed by atoms with van der Waals surface area (Å²) in [4.78, 5) is 26.9. The second kappa shape index (κ2) is 9.02. The van der Waals surface area contributed by atoms with Gasteiger partial charge in [-0.2, -0.15) is 0 Å². The number of aliphatic carboxylic acids is 1. The molecule has 0 aromatic carbocycles. The Bertz CT molecular complexity index is 485. The topological polar surface area (TPSA) is 88.5 Å². The minimum absolute atomic E-state index is 0.165. The molecule has 6 nitrogen and oxygen atoms in total. The van der Waals surface area contributed by atoms with Gasteiger partial charge in [-0.05, 0) is 30.4 Å². The fraction of sp³-hybridized carbons (Fsp3) is 0.562. The molecule has 0 radical (unpaired) electrons. The van der Waals surface area contributed by atoms with Crippen molar-refractivity contribution in [3.8, 4) is 0 Å². The van der Waals surface area contributed by atoms with Gasteiger partial charge in [0.25, 0.3) is 0 Å². The smallest absolute Gasteiger partial charge is 0.407 e. The van der Waals surface area contributed by atoms with Crippen LogP contribution in [0.3, 0.4) is 0 Å². The van der Waals surface area contributed by atoms with E-state index in [1.165, 1.54) is 0 Å². The molecule has 2 N–H and O–H groups in total. The lowest BCUT2D eigenvalue weighted by molar-refractivity contribution is -0.139. The number of rotatable bonds is 8. The normalized spacial score (nSPS) is 12.0. The highest BCUT2D eigenvalue weighted by molar-refractivity contribution is 5.79. The number of nitrogens with one attached hydrogen (secondary N) is 1. The summed E-state index contributed by atoms with van der Waals surface area (Å²) < 4.78 is 5.01. The molecule has 0 saturated carbocycles. The number of aromatic nitrogens is 1. The summed E-state index contributed by atoms with van der Waals surface area (Å²) in [6.45, 7) is 6.02. The number of carboxylic acids is 1. The van der Waals surface area contributed by atoms with Crippen molar-refractivity contribution < 1.29 is 19.4 Å².